The van der Waals surface area contributed by atoms with Crippen molar-refractivity contribution in [3.8, 4) is 16.9 Å². The molecule has 0 amide bonds. The van der Waals surface area contributed by atoms with Crippen LogP contribution in [-0.2, 0) is 4.79 Å². The molecule has 0 radical (unpaired) electrons. The molecular weight excluding hydrogens is 467 g/mol. The molecule has 2 unspecified atom stereocenters. The first-order valence-corrected chi connectivity index (χ1v) is 12.1. The highest BCUT2D eigenvalue weighted by Crippen LogP contribution is 2.35. The van der Waals surface area contributed by atoms with E-state index in [9.17, 15) is 19.1 Å². The van der Waals surface area contributed by atoms with Crippen molar-refractivity contribution in [2.45, 2.75) is 19.3 Å². The summed E-state index contributed by atoms with van der Waals surface area (Å²) in [5.74, 6) is -1.83. The molecule has 0 bridgehead atoms. The highest BCUT2D eigenvalue weighted by atomic mass is 32.1. The Hall–Kier alpha value is -3.78. The van der Waals surface area contributed by atoms with Crippen LogP contribution in [0.25, 0.3) is 21.3 Å². The second-order valence-corrected chi connectivity index (χ2v) is 9.63. The van der Waals surface area contributed by atoms with Crippen LogP contribution >= 0.6 is 11.3 Å². The van der Waals surface area contributed by atoms with Gasteiger partial charge in [-0.3, -0.25) is 9.59 Å². The number of rotatable bonds is 7. The second-order valence-electron chi connectivity index (χ2n) is 8.60. The van der Waals surface area contributed by atoms with E-state index in [1.807, 2.05) is 18.2 Å². The van der Waals surface area contributed by atoms with Crippen molar-refractivity contribution in [3.63, 3.8) is 0 Å². The minimum atomic E-state index is -0.910. The van der Waals surface area contributed by atoms with Crippen molar-refractivity contribution >= 4 is 44.1 Å². The molecule has 3 aromatic carbocycles. The summed E-state index contributed by atoms with van der Waals surface area (Å²) in [6.45, 7) is 0. The number of carbonyl (C=O) groups is 2. The van der Waals surface area contributed by atoms with E-state index in [2.05, 4.69) is 10.3 Å². The van der Waals surface area contributed by atoms with Gasteiger partial charge in [0, 0.05) is 11.5 Å². The quantitative estimate of drug-likeness (QED) is 0.286. The number of aromatic nitrogens is 1. The molecule has 0 aliphatic heterocycles. The van der Waals surface area contributed by atoms with Crippen LogP contribution in [0.15, 0.2) is 60.7 Å². The average molecular weight is 491 g/mol. The van der Waals surface area contributed by atoms with Crippen LogP contribution in [-0.4, -0.2) is 29.0 Å². The Bertz CT molecular complexity index is 1420. The lowest BCUT2D eigenvalue weighted by molar-refractivity contribution is -0.142. The smallest absolute Gasteiger partial charge is 0.307 e. The molecule has 1 fully saturated rings. The molecule has 5 rings (SSSR count). The van der Waals surface area contributed by atoms with E-state index in [0.717, 1.165) is 28.0 Å². The number of hydrogen-bond donors (Lipinski definition) is 2. The van der Waals surface area contributed by atoms with Gasteiger partial charge in [-0.15, -0.1) is 0 Å². The summed E-state index contributed by atoms with van der Waals surface area (Å²) in [5.41, 5.74) is 3.04. The van der Waals surface area contributed by atoms with Gasteiger partial charge >= 0.3 is 5.97 Å². The maximum absolute atomic E-state index is 14.9. The lowest BCUT2D eigenvalue weighted by Gasteiger charge is -2.15. The number of thiazole rings is 1. The molecule has 0 saturated heterocycles. The van der Waals surface area contributed by atoms with Gasteiger partial charge in [-0.05, 0) is 54.3 Å². The third kappa shape index (κ3) is 4.61. The molecule has 4 aromatic rings. The first kappa shape index (κ1) is 23.0. The number of carboxylic acid groups (broad SMARTS) is 1. The maximum atomic E-state index is 14.9. The highest BCUT2D eigenvalue weighted by Gasteiger charge is 2.37. The molecule has 2 N–H and O–H groups in total. The van der Waals surface area contributed by atoms with E-state index in [0.29, 0.717) is 34.8 Å². The first-order chi connectivity index (χ1) is 16.9. The van der Waals surface area contributed by atoms with Crippen LogP contribution < -0.4 is 10.1 Å². The lowest BCUT2D eigenvalue weighted by atomic mass is 9.88. The van der Waals surface area contributed by atoms with E-state index in [1.54, 1.807) is 43.5 Å². The molecular formula is C27H23FN2O4S. The zero-order valence-electron chi connectivity index (χ0n) is 19.0. The first-order valence-electron chi connectivity index (χ1n) is 11.3. The molecule has 2 atom stereocenters. The fourth-order valence-electron chi connectivity index (χ4n) is 4.61. The number of aliphatic carboxylic acids is 1. The summed E-state index contributed by atoms with van der Waals surface area (Å²) >= 11 is 1.41. The standard InChI is InChI=1S/C27H23FN2O4S/c1-34-18-10-12-23-24(14-18)35-27(30-23)29-22-11-9-17(13-21(22)28)15-5-7-16(8-6-15)25(31)19-3-2-4-20(19)26(32)33/h5-14,19-20H,2-4H2,1H3,(H,29,30)(H,32,33). The number of Topliss-reactive ketones (excluding diaryl/α,β-unsaturated/α-hetero) is 1. The normalized spacial score (nSPS) is 17.4. The van der Waals surface area contributed by atoms with Crippen molar-refractivity contribution in [3.05, 3.63) is 72.0 Å². The molecule has 1 aliphatic carbocycles. The number of methoxy groups -OCH3 is 1. The maximum Gasteiger partial charge on any atom is 0.307 e. The highest BCUT2D eigenvalue weighted by molar-refractivity contribution is 7.22. The Morgan fingerprint density at radius 1 is 1.03 bits per heavy atom. The number of anilines is 2. The van der Waals surface area contributed by atoms with Crippen molar-refractivity contribution in [1.29, 1.82) is 0 Å². The number of benzene rings is 3. The Morgan fingerprint density at radius 2 is 1.77 bits per heavy atom. The molecule has 1 aliphatic rings. The summed E-state index contributed by atoms with van der Waals surface area (Å²) in [5, 5.41) is 13.0. The van der Waals surface area contributed by atoms with Gasteiger partial charge in [0.1, 0.15) is 11.6 Å². The molecule has 6 nitrogen and oxygen atoms in total. The minimum absolute atomic E-state index is 0.138. The Morgan fingerprint density at radius 3 is 2.49 bits per heavy atom. The van der Waals surface area contributed by atoms with Crippen molar-refractivity contribution in [2.75, 3.05) is 12.4 Å². The van der Waals surface area contributed by atoms with Crippen molar-refractivity contribution in [1.82, 2.24) is 4.98 Å². The monoisotopic (exact) mass is 490 g/mol. The van der Waals surface area contributed by atoms with Gasteiger partial charge in [-0.2, -0.15) is 0 Å². The van der Waals surface area contributed by atoms with E-state index in [1.165, 1.54) is 17.4 Å². The van der Waals surface area contributed by atoms with Crippen molar-refractivity contribution in [2.24, 2.45) is 11.8 Å². The van der Waals surface area contributed by atoms with Gasteiger partial charge in [0.05, 0.1) is 28.9 Å². The predicted octanol–water partition coefficient (Wildman–Crippen LogP) is 6.54. The van der Waals surface area contributed by atoms with Gasteiger partial charge in [0.15, 0.2) is 10.9 Å². The minimum Gasteiger partial charge on any atom is -0.497 e. The van der Waals surface area contributed by atoms with Crippen LogP contribution in [0, 0.1) is 17.7 Å². The van der Waals surface area contributed by atoms with Crippen LogP contribution in [0.4, 0.5) is 15.2 Å². The van der Waals surface area contributed by atoms with Crippen LogP contribution in [0.1, 0.15) is 29.6 Å². The third-order valence-corrected chi connectivity index (χ3v) is 7.41. The van der Waals surface area contributed by atoms with Gasteiger partial charge in [0.25, 0.3) is 0 Å². The third-order valence-electron chi connectivity index (χ3n) is 6.48. The summed E-state index contributed by atoms with van der Waals surface area (Å²) in [6.07, 6.45) is 1.88. The second kappa shape index (κ2) is 9.46. The van der Waals surface area contributed by atoms with Crippen LogP contribution in [0.2, 0.25) is 0 Å². The van der Waals surface area contributed by atoms with Gasteiger partial charge in [-0.25, -0.2) is 9.37 Å². The fourth-order valence-corrected chi connectivity index (χ4v) is 5.51. The largest absolute Gasteiger partial charge is 0.497 e. The van der Waals surface area contributed by atoms with E-state index >= 15 is 0 Å². The molecule has 1 aromatic heterocycles. The molecule has 178 valence electrons. The number of nitrogens with one attached hydrogen (secondary N) is 1. The zero-order valence-corrected chi connectivity index (χ0v) is 19.8. The number of nitrogens with zero attached hydrogens (tertiary/aromatic N) is 1. The van der Waals surface area contributed by atoms with E-state index in [4.69, 9.17) is 4.74 Å². The zero-order chi connectivity index (χ0) is 24.5. The van der Waals surface area contributed by atoms with E-state index < -0.39 is 23.6 Å². The summed E-state index contributed by atoms with van der Waals surface area (Å²) in [6, 6.07) is 17.4. The molecule has 0 spiro atoms. The number of carbonyl (C=O) groups excluding carboxylic acids is 1. The molecule has 35 heavy (non-hydrogen) atoms. The molecule has 8 heteroatoms. The summed E-state index contributed by atoms with van der Waals surface area (Å²) < 4.78 is 21.1. The number of halogens is 1. The van der Waals surface area contributed by atoms with E-state index in [-0.39, 0.29) is 5.78 Å². The van der Waals surface area contributed by atoms with Gasteiger partial charge < -0.3 is 15.2 Å². The van der Waals surface area contributed by atoms with Gasteiger partial charge in [0.2, 0.25) is 0 Å². The topological polar surface area (TPSA) is 88.5 Å². The van der Waals surface area contributed by atoms with Crippen molar-refractivity contribution < 1.29 is 23.8 Å². The van der Waals surface area contributed by atoms with Crippen LogP contribution in [0.3, 0.4) is 0 Å². The summed E-state index contributed by atoms with van der Waals surface area (Å²) in [4.78, 5) is 28.8. The SMILES string of the molecule is COc1ccc2nc(Nc3ccc(-c4ccc(C(=O)C5CCCC5C(=O)O)cc4)cc3F)sc2c1. The average Bonchev–Trinajstić information content (AvgIpc) is 3.51. The Balaban J connectivity index is 1.32. The number of ketones is 1. The predicted molar refractivity (Wildman–Crippen MR) is 134 cm³/mol. The fraction of sp³-hybridized carbons (Fsp3) is 0.222. The Labute approximate surface area is 205 Å². The number of carboxylic acids is 1. The molecule has 1 heterocycles. The molecule has 1 saturated carbocycles. The number of fused-ring (bicyclic) bond motifs is 1. The van der Waals surface area contributed by atoms with Crippen LogP contribution in [0.5, 0.6) is 5.75 Å². The number of ether oxygens (including phenoxy) is 1. The summed E-state index contributed by atoms with van der Waals surface area (Å²) in [7, 11) is 1.61. The Kier molecular flexibility index (Phi) is 6.21. The number of hydrogen-bond acceptors (Lipinski definition) is 6. The lowest BCUT2D eigenvalue weighted by Crippen LogP contribution is -2.25. The van der Waals surface area contributed by atoms with Gasteiger partial charge in [-0.1, -0.05) is 48.1 Å².